The molecule has 2 aliphatic carbocycles. The van der Waals surface area contributed by atoms with Crippen LogP contribution in [-0.2, 0) is 11.2 Å². The smallest absolute Gasteiger partial charge is 0.136 e. The Morgan fingerprint density at radius 3 is 2.83 bits per heavy atom. The van der Waals surface area contributed by atoms with Gasteiger partial charge in [-0.15, -0.1) is 0 Å². The molecule has 1 N–H and O–H groups in total. The fourth-order valence-corrected chi connectivity index (χ4v) is 5.15. The number of hydrogen-bond acceptors (Lipinski definition) is 3. The number of furan rings is 1. The molecule has 0 spiro atoms. The van der Waals surface area contributed by atoms with Crippen molar-refractivity contribution in [2.75, 3.05) is 0 Å². The Balaban J connectivity index is 1.78. The zero-order chi connectivity index (χ0) is 16.8. The lowest BCUT2D eigenvalue weighted by molar-refractivity contribution is -0.129. The Kier molecular flexibility index (Phi) is 4.20. The Labute approximate surface area is 139 Å². The monoisotopic (exact) mass is 318 g/mol. The molecule has 4 atom stereocenters. The second-order valence-electron chi connectivity index (χ2n) is 8.64. The third kappa shape index (κ3) is 3.13. The second kappa shape index (κ2) is 5.77. The van der Waals surface area contributed by atoms with E-state index >= 15 is 0 Å². The number of Topliss-reactive ketones (excluding diaryl/α,β-unsaturated/α-hetero) is 1. The Morgan fingerprint density at radius 1 is 1.39 bits per heavy atom. The zero-order valence-corrected chi connectivity index (χ0v) is 14.9. The molecule has 0 radical (unpaired) electrons. The van der Waals surface area contributed by atoms with Gasteiger partial charge in [-0.2, -0.15) is 0 Å². The van der Waals surface area contributed by atoms with Crippen LogP contribution in [0.25, 0.3) is 0 Å². The number of carbonyl (C=O) groups excluding carboxylic acids is 1. The van der Waals surface area contributed by atoms with Gasteiger partial charge in [0.15, 0.2) is 0 Å². The highest BCUT2D eigenvalue weighted by Crippen LogP contribution is 2.58. The van der Waals surface area contributed by atoms with Crippen LogP contribution in [0.4, 0.5) is 0 Å². The quantitative estimate of drug-likeness (QED) is 0.890. The Hall–Kier alpha value is -1.09. The molecule has 0 saturated heterocycles. The van der Waals surface area contributed by atoms with Crippen LogP contribution in [0.15, 0.2) is 16.5 Å². The van der Waals surface area contributed by atoms with Gasteiger partial charge in [-0.25, -0.2) is 0 Å². The summed E-state index contributed by atoms with van der Waals surface area (Å²) in [6.07, 6.45) is 5.67. The van der Waals surface area contributed by atoms with E-state index in [0.29, 0.717) is 24.0 Å². The third-order valence-corrected chi connectivity index (χ3v) is 6.28. The van der Waals surface area contributed by atoms with Crippen molar-refractivity contribution in [2.24, 2.45) is 17.3 Å². The van der Waals surface area contributed by atoms with E-state index in [1.54, 1.807) is 13.8 Å². The standard InChI is InChI=1S/C20H30O3/c1-13(18-10-7-14(23-18)12-19(2,3)22)15-8-9-16-17(21)6-5-11-20(15,16)4/h7,10,13,15-16,22H,5-6,8-9,11-12H2,1-4H3/t13-,15+,16-,20+/m0/s1. The minimum atomic E-state index is -0.751. The zero-order valence-electron chi connectivity index (χ0n) is 14.9. The van der Waals surface area contributed by atoms with Gasteiger partial charge in [0, 0.05) is 24.7 Å². The first kappa shape index (κ1) is 16.8. The van der Waals surface area contributed by atoms with E-state index < -0.39 is 5.60 Å². The van der Waals surface area contributed by atoms with Crippen molar-refractivity contribution in [3.8, 4) is 0 Å². The number of carbonyl (C=O) groups is 1. The predicted molar refractivity (Wildman–Crippen MR) is 90.3 cm³/mol. The lowest BCUT2D eigenvalue weighted by Crippen LogP contribution is -2.38. The van der Waals surface area contributed by atoms with Gasteiger partial charge in [-0.05, 0) is 63.0 Å². The minimum Gasteiger partial charge on any atom is -0.466 e. The summed E-state index contributed by atoms with van der Waals surface area (Å²) >= 11 is 0. The van der Waals surface area contributed by atoms with E-state index in [4.69, 9.17) is 4.42 Å². The minimum absolute atomic E-state index is 0.137. The van der Waals surface area contributed by atoms with Crippen LogP contribution < -0.4 is 0 Å². The summed E-state index contributed by atoms with van der Waals surface area (Å²) in [6, 6.07) is 4.05. The van der Waals surface area contributed by atoms with Gasteiger partial charge < -0.3 is 9.52 Å². The molecule has 0 unspecified atom stereocenters. The van der Waals surface area contributed by atoms with E-state index in [9.17, 15) is 9.90 Å². The molecule has 3 rings (SSSR count). The van der Waals surface area contributed by atoms with Crippen molar-refractivity contribution in [2.45, 2.75) is 77.7 Å². The van der Waals surface area contributed by atoms with Gasteiger partial charge in [-0.1, -0.05) is 13.8 Å². The predicted octanol–water partition coefficient (Wildman–Crippen LogP) is 4.48. The normalized spacial score (nSPS) is 32.8. The molecule has 2 fully saturated rings. The number of aliphatic hydroxyl groups is 1. The Bertz CT molecular complexity index is 580. The maximum atomic E-state index is 12.3. The molecule has 23 heavy (non-hydrogen) atoms. The number of ketones is 1. The highest BCUT2D eigenvalue weighted by atomic mass is 16.3. The molecule has 128 valence electrons. The summed E-state index contributed by atoms with van der Waals surface area (Å²) in [4.78, 5) is 12.3. The van der Waals surface area contributed by atoms with E-state index in [1.165, 1.54) is 0 Å². The first-order chi connectivity index (χ1) is 10.7. The molecule has 0 bridgehead atoms. The van der Waals surface area contributed by atoms with Crippen molar-refractivity contribution < 1.29 is 14.3 Å². The topological polar surface area (TPSA) is 50.4 Å². The maximum Gasteiger partial charge on any atom is 0.136 e. The average Bonchev–Trinajstić information content (AvgIpc) is 3.01. The van der Waals surface area contributed by atoms with Gasteiger partial charge in [0.05, 0.1) is 5.60 Å². The fourth-order valence-electron chi connectivity index (χ4n) is 5.15. The van der Waals surface area contributed by atoms with Gasteiger partial charge in [0.1, 0.15) is 17.3 Å². The van der Waals surface area contributed by atoms with Gasteiger partial charge >= 0.3 is 0 Å². The number of rotatable bonds is 4. The van der Waals surface area contributed by atoms with Crippen LogP contribution in [0.2, 0.25) is 0 Å². The van der Waals surface area contributed by atoms with Crippen molar-refractivity contribution in [3.63, 3.8) is 0 Å². The van der Waals surface area contributed by atoms with Gasteiger partial charge in [0.25, 0.3) is 0 Å². The molecule has 2 saturated carbocycles. The highest BCUT2D eigenvalue weighted by molar-refractivity contribution is 5.83. The molecule has 1 heterocycles. The van der Waals surface area contributed by atoms with Crippen LogP contribution in [0.3, 0.4) is 0 Å². The first-order valence-corrected chi connectivity index (χ1v) is 9.04. The van der Waals surface area contributed by atoms with Crippen LogP contribution in [0.5, 0.6) is 0 Å². The van der Waals surface area contributed by atoms with E-state index in [1.807, 2.05) is 6.07 Å². The van der Waals surface area contributed by atoms with Crippen molar-refractivity contribution in [1.82, 2.24) is 0 Å². The largest absolute Gasteiger partial charge is 0.466 e. The van der Waals surface area contributed by atoms with Crippen LogP contribution in [-0.4, -0.2) is 16.5 Å². The summed E-state index contributed by atoms with van der Waals surface area (Å²) in [6.45, 7) is 8.16. The lowest BCUT2D eigenvalue weighted by Gasteiger charge is -2.41. The van der Waals surface area contributed by atoms with E-state index in [2.05, 4.69) is 19.9 Å². The number of hydrogen-bond donors (Lipinski definition) is 1. The van der Waals surface area contributed by atoms with Crippen molar-refractivity contribution in [3.05, 3.63) is 23.7 Å². The number of fused-ring (bicyclic) bond motifs is 1. The molecule has 2 aliphatic rings. The molecule has 1 aromatic rings. The summed E-state index contributed by atoms with van der Waals surface area (Å²) in [5.74, 6) is 3.43. The highest BCUT2D eigenvalue weighted by Gasteiger charge is 2.53. The SMILES string of the molecule is C[C@H](c1ccc(CC(C)(C)O)o1)[C@H]1CC[C@H]2C(=O)CCC[C@]12C. The molecule has 0 aromatic carbocycles. The maximum absolute atomic E-state index is 12.3. The molecule has 1 aromatic heterocycles. The third-order valence-electron chi connectivity index (χ3n) is 6.28. The van der Waals surface area contributed by atoms with Gasteiger partial charge in [-0.3, -0.25) is 4.79 Å². The molecule has 3 heteroatoms. The van der Waals surface area contributed by atoms with Crippen molar-refractivity contribution >= 4 is 5.78 Å². The van der Waals surface area contributed by atoms with Crippen LogP contribution in [0.1, 0.15) is 77.2 Å². The van der Waals surface area contributed by atoms with E-state index in [-0.39, 0.29) is 11.3 Å². The molecule has 0 aliphatic heterocycles. The summed E-state index contributed by atoms with van der Waals surface area (Å²) in [5, 5.41) is 9.96. The lowest BCUT2D eigenvalue weighted by atomic mass is 9.62. The summed E-state index contributed by atoms with van der Waals surface area (Å²) in [7, 11) is 0. The van der Waals surface area contributed by atoms with Crippen LogP contribution in [0, 0.1) is 17.3 Å². The van der Waals surface area contributed by atoms with E-state index in [0.717, 1.165) is 43.6 Å². The average molecular weight is 318 g/mol. The summed E-state index contributed by atoms with van der Waals surface area (Å²) < 4.78 is 6.04. The fraction of sp³-hybridized carbons (Fsp3) is 0.750. The van der Waals surface area contributed by atoms with Crippen LogP contribution >= 0.6 is 0 Å². The second-order valence-corrected chi connectivity index (χ2v) is 8.64. The molecular weight excluding hydrogens is 288 g/mol. The molecule has 3 nitrogen and oxygen atoms in total. The van der Waals surface area contributed by atoms with Gasteiger partial charge in [0.2, 0.25) is 0 Å². The first-order valence-electron chi connectivity index (χ1n) is 9.04. The molecular formula is C20H30O3. The molecule has 0 amide bonds. The Morgan fingerprint density at radius 2 is 2.13 bits per heavy atom. The van der Waals surface area contributed by atoms with Crippen molar-refractivity contribution in [1.29, 1.82) is 0 Å². The summed E-state index contributed by atoms with van der Waals surface area (Å²) in [5.41, 5.74) is -0.615.